The molecule has 7 nitrogen and oxygen atoms in total. The van der Waals surface area contributed by atoms with E-state index in [0.717, 1.165) is 33.5 Å². The lowest BCUT2D eigenvalue weighted by atomic mass is 10.1. The average molecular weight is 527 g/mol. The molecule has 0 saturated heterocycles. The summed E-state index contributed by atoms with van der Waals surface area (Å²) in [6.07, 6.45) is 0. The van der Waals surface area contributed by atoms with E-state index in [4.69, 9.17) is 4.98 Å². The minimum Gasteiger partial charge on any atom is -0.308 e. The Morgan fingerprint density at radius 2 is 1.67 bits per heavy atom. The third-order valence-corrected chi connectivity index (χ3v) is 8.19. The highest BCUT2D eigenvalue weighted by Gasteiger charge is 2.25. The number of likely N-dealkylation sites (N-methyl/N-ethyl adjacent to an activating group) is 1. The standard InChI is InChI=1S/C26H27FN4O3S2/c1-17-15-23-24(16-18(17)2)35-26(28-23)31(14-13-30(3)4)25(32)21-7-5-6-8-22(21)29-36(33,34)20-11-9-19(27)10-12-20/h5-12,15-16,29H,13-14H2,1-4H3. The van der Waals surface area contributed by atoms with E-state index < -0.39 is 15.8 Å². The first-order chi connectivity index (χ1) is 17.0. The topological polar surface area (TPSA) is 82.6 Å². The monoisotopic (exact) mass is 526 g/mol. The van der Waals surface area contributed by atoms with Crippen molar-refractivity contribution in [2.45, 2.75) is 18.7 Å². The summed E-state index contributed by atoms with van der Waals surface area (Å²) in [4.78, 5) is 22.0. The summed E-state index contributed by atoms with van der Waals surface area (Å²) in [6, 6.07) is 15.0. The van der Waals surface area contributed by atoms with Crippen molar-refractivity contribution in [1.29, 1.82) is 0 Å². The van der Waals surface area contributed by atoms with Crippen molar-refractivity contribution in [3.8, 4) is 0 Å². The molecule has 4 rings (SSSR count). The molecule has 1 N–H and O–H groups in total. The van der Waals surface area contributed by atoms with Gasteiger partial charge in [0, 0.05) is 13.1 Å². The van der Waals surface area contributed by atoms with Crippen LogP contribution in [0.1, 0.15) is 21.5 Å². The fourth-order valence-corrected chi connectivity index (χ4v) is 5.74. The Kier molecular flexibility index (Phi) is 7.39. The molecule has 3 aromatic carbocycles. The zero-order chi connectivity index (χ0) is 26.0. The molecule has 36 heavy (non-hydrogen) atoms. The van der Waals surface area contributed by atoms with Crippen molar-refractivity contribution in [3.05, 3.63) is 83.2 Å². The third kappa shape index (κ3) is 5.56. The van der Waals surface area contributed by atoms with Crippen LogP contribution in [-0.4, -0.2) is 51.4 Å². The highest BCUT2D eigenvalue weighted by molar-refractivity contribution is 7.92. The molecule has 188 valence electrons. The quantitative estimate of drug-likeness (QED) is 0.347. The maximum Gasteiger partial charge on any atom is 0.262 e. The van der Waals surface area contributed by atoms with E-state index in [9.17, 15) is 17.6 Å². The summed E-state index contributed by atoms with van der Waals surface area (Å²) in [7, 11) is -0.211. The van der Waals surface area contributed by atoms with Crippen LogP contribution in [0.2, 0.25) is 0 Å². The van der Waals surface area contributed by atoms with Crippen LogP contribution < -0.4 is 9.62 Å². The van der Waals surface area contributed by atoms with Gasteiger partial charge in [0.2, 0.25) is 0 Å². The van der Waals surface area contributed by atoms with E-state index in [1.54, 1.807) is 23.1 Å². The number of carbonyl (C=O) groups is 1. The number of carbonyl (C=O) groups excluding carboxylic acids is 1. The van der Waals surface area contributed by atoms with Crippen LogP contribution in [0, 0.1) is 19.7 Å². The van der Waals surface area contributed by atoms with Gasteiger partial charge < -0.3 is 4.90 Å². The first-order valence-electron chi connectivity index (χ1n) is 11.3. The molecule has 0 spiro atoms. The van der Waals surface area contributed by atoms with Crippen LogP contribution in [0.3, 0.4) is 0 Å². The fraction of sp³-hybridized carbons (Fsp3) is 0.231. The van der Waals surface area contributed by atoms with Crippen LogP contribution in [0.5, 0.6) is 0 Å². The molecule has 0 aliphatic heterocycles. The molecular weight excluding hydrogens is 499 g/mol. The molecule has 1 heterocycles. The Morgan fingerprint density at radius 1 is 1.00 bits per heavy atom. The minimum atomic E-state index is -4.04. The second-order valence-electron chi connectivity index (χ2n) is 8.77. The zero-order valence-corrected chi connectivity index (χ0v) is 22.1. The number of amides is 1. The largest absolute Gasteiger partial charge is 0.308 e. The van der Waals surface area contributed by atoms with Crippen molar-refractivity contribution in [2.24, 2.45) is 0 Å². The van der Waals surface area contributed by atoms with E-state index in [2.05, 4.69) is 10.8 Å². The minimum absolute atomic E-state index is 0.104. The average Bonchev–Trinajstić information content (AvgIpc) is 3.21. The van der Waals surface area contributed by atoms with Gasteiger partial charge in [-0.1, -0.05) is 23.5 Å². The van der Waals surface area contributed by atoms with Crippen LogP contribution in [0.25, 0.3) is 10.2 Å². The SMILES string of the molecule is Cc1cc2nc(N(CCN(C)C)C(=O)c3ccccc3NS(=O)(=O)c3ccc(F)cc3)sc2cc1C. The number of thiazole rings is 1. The number of fused-ring (bicyclic) bond motifs is 1. The summed E-state index contributed by atoms with van der Waals surface area (Å²) in [5.41, 5.74) is 3.39. The fourth-order valence-electron chi connectivity index (χ4n) is 3.59. The Balaban J connectivity index is 1.72. The molecule has 1 aromatic heterocycles. The van der Waals surface area contributed by atoms with Gasteiger partial charge >= 0.3 is 0 Å². The molecule has 0 unspecified atom stereocenters. The summed E-state index contributed by atoms with van der Waals surface area (Å²) in [5.74, 6) is -0.913. The number of benzene rings is 3. The predicted molar refractivity (Wildman–Crippen MR) is 143 cm³/mol. The molecule has 0 aliphatic rings. The Morgan fingerprint density at radius 3 is 2.36 bits per heavy atom. The van der Waals surface area contributed by atoms with Crippen molar-refractivity contribution < 1.29 is 17.6 Å². The van der Waals surface area contributed by atoms with Crippen molar-refractivity contribution in [1.82, 2.24) is 9.88 Å². The van der Waals surface area contributed by atoms with Gasteiger partial charge in [-0.2, -0.15) is 0 Å². The van der Waals surface area contributed by atoms with Crippen LogP contribution in [-0.2, 0) is 10.0 Å². The number of para-hydroxylation sites is 1. The van der Waals surface area contributed by atoms with Crippen molar-refractivity contribution in [3.63, 3.8) is 0 Å². The van der Waals surface area contributed by atoms with Gasteiger partial charge in [-0.05, 0) is 87.6 Å². The van der Waals surface area contributed by atoms with E-state index >= 15 is 0 Å². The summed E-state index contributed by atoms with van der Waals surface area (Å²) in [5, 5.41) is 0.540. The van der Waals surface area contributed by atoms with Gasteiger partial charge in [-0.15, -0.1) is 0 Å². The number of halogens is 1. The number of nitrogens with zero attached hydrogens (tertiary/aromatic N) is 3. The number of aryl methyl sites for hydroxylation is 2. The molecule has 0 aliphatic carbocycles. The second kappa shape index (κ2) is 10.3. The second-order valence-corrected chi connectivity index (χ2v) is 11.5. The smallest absolute Gasteiger partial charge is 0.262 e. The number of hydrogen-bond acceptors (Lipinski definition) is 6. The molecule has 1 amide bonds. The Hall–Kier alpha value is -3.34. The van der Waals surface area contributed by atoms with Crippen LogP contribution in [0.15, 0.2) is 65.6 Å². The third-order valence-electron chi connectivity index (χ3n) is 5.77. The molecule has 0 atom stereocenters. The van der Waals surface area contributed by atoms with Gasteiger partial charge in [0.15, 0.2) is 5.13 Å². The normalized spacial score (nSPS) is 11.7. The van der Waals surface area contributed by atoms with E-state index in [-0.39, 0.29) is 22.1 Å². The lowest BCUT2D eigenvalue weighted by Crippen LogP contribution is -2.37. The van der Waals surface area contributed by atoms with Gasteiger partial charge in [-0.25, -0.2) is 17.8 Å². The lowest BCUT2D eigenvalue weighted by molar-refractivity contribution is 0.0986. The molecule has 4 aromatic rings. The molecular formula is C26H27FN4O3S2. The first kappa shape index (κ1) is 25.7. The first-order valence-corrected chi connectivity index (χ1v) is 13.6. The maximum atomic E-state index is 13.8. The summed E-state index contributed by atoms with van der Waals surface area (Å²) in [6.45, 7) is 5.00. The molecule has 0 bridgehead atoms. The van der Waals surface area contributed by atoms with Crippen LogP contribution in [0.4, 0.5) is 15.2 Å². The van der Waals surface area contributed by atoms with E-state index in [1.807, 2.05) is 38.9 Å². The number of hydrogen-bond donors (Lipinski definition) is 1. The summed E-state index contributed by atoms with van der Waals surface area (Å²) < 4.78 is 42.7. The highest BCUT2D eigenvalue weighted by atomic mass is 32.2. The van der Waals surface area contributed by atoms with Gasteiger partial charge in [0.05, 0.1) is 26.4 Å². The van der Waals surface area contributed by atoms with Crippen LogP contribution >= 0.6 is 11.3 Å². The van der Waals surface area contributed by atoms with E-state index in [0.29, 0.717) is 18.2 Å². The number of sulfonamides is 1. The number of aromatic nitrogens is 1. The number of nitrogens with one attached hydrogen (secondary N) is 1. The molecule has 0 fully saturated rings. The Bertz CT molecular complexity index is 1480. The van der Waals surface area contributed by atoms with Gasteiger partial charge in [-0.3, -0.25) is 14.4 Å². The number of anilines is 2. The van der Waals surface area contributed by atoms with Gasteiger partial charge in [0.1, 0.15) is 5.82 Å². The lowest BCUT2D eigenvalue weighted by Gasteiger charge is -2.23. The predicted octanol–water partition coefficient (Wildman–Crippen LogP) is 5.06. The van der Waals surface area contributed by atoms with Crippen molar-refractivity contribution >= 4 is 48.3 Å². The van der Waals surface area contributed by atoms with Crippen molar-refractivity contribution in [2.75, 3.05) is 36.8 Å². The molecule has 10 heteroatoms. The molecule has 0 saturated carbocycles. The summed E-state index contributed by atoms with van der Waals surface area (Å²) >= 11 is 1.42. The number of rotatable bonds is 8. The van der Waals surface area contributed by atoms with Gasteiger partial charge in [0.25, 0.3) is 15.9 Å². The Labute approximate surface area is 214 Å². The van der Waals surface area contributed by atoms with E-state index in [1.165, 1.54) is 29.5 Å². The molecule has 0 radical (unpaired) electrons. The zero-order valence-electron chi connectivity index (χ0n) is 20.4. The highest BCUT2D eigenvalue weighted by Crippen LogP contribution is 2.32. The maximum absolute atomic E-state index is 13.8.